The van der Waals surface area contributed by atoms with Crippen LogP contribution in [0.25, 0.3) is 0 Å². The molecule has 0 aromatic heterocycles. The average Bonchev–Trinajstić information content (AvgIpc) is 2.46. The minimum absolute atomic E-state index is 0.0810. The van der Waals surface area contributed by atoms with Gasteiger partial charge in [0.15, 0.2) is 0 Å². The van der Waals surface area contributed by atoms with Crippen molar-refractivity contribution in [1.82, 2.24) is 0 Å². The van der Waals surface area contributed by atoms with Crippen LogP contribution in [-0.4, -0.2) is 25.7 Å². The first-order chi connectivity index (χ1) is 10.3. The van der Waals surface area contributed by atoms with Crippen molar-refractivity contribution >= 4 is 11.6 Å². The second-order valence-corrected chi connectivity index (χ2v) is 6.58. The second kappa shape index (κ2) is 8.18. The normalized spacial score (nSPS) is 11.8. The van der Waals surface area contributed by atoms with E-state index in [4.69, 9.17) is 9.47 Å². The fraction of sp³-hybridized carbons (Fsp3) is 0.611. The van der Waals surface area contributed by atoms with Crippen LogP contribution >= 0.6 is 0 Å². The zero-order valence-corrected chi connectivity index (χ0v) is 14.6. The van der Waals surface area contributed by atoms with Crippen LogP contribution in [-0.2, 0) is 9.53 Å². The highest BCUT2D eigenvalue weighted by Crippen LogP contribution is 2.30. The molecule has 0 fully saturated rings. The Morgan fingerprint density at radius 2 is 1.55 bits per heavy atom. The Balaban J connectivity index is 2.94. The van der Waals surface area contributed by atoms with Crippen molar-refractivity contribution < 1.29 is 14.3 Å². The van der Waals surface area contributed by atoms with Gasteiger partial charge in [-0.25, -0.2) is 0 Å². The predicted molar refractivity (Wildman–Crippen MR) is 90.3 cm³/mol. The lowest BCUT2D eigenvalue weighted by atomic mass is 9.84. The van der Waals surface area contributed by atoms with Gasteiger partial charge in [0.25, 0.3) is 5.91 Å². The van der Waals surface area contributed by atoms with Gasteiger partial charge in [0.2, 0.25) is 0 Å². The summed E-state index contributed by atoms with van der Waals surface area (Å²) in [4.78, 5) is 12.8. The van der Waals surface area contributed by atoms with E-state index in [9.17, 15) is 4.79 Å². The molecule has 1 amide bonds. The van der Waals surface area contributed by atoms with Crippen LogP contribution in [0.3, 0.4) is 0 Å². The minimum atomic E-state index is -0.789. The Bertz CT molecular complexity index is 456. The van der Waals surface area contributed by atoms with Crippen LogP contribution < -0.4 is 10.1 Å². The number of anilines is 1. The standard InChI is InChI=1S/C18H29NO3/c1-13(2)11-18(22-6,12-14(3)4)17(20)19-15-7-9-16(21-5)10-8-15/h7-10,13-14H,11-12H2,1-6H3,(H,19,20). The largest absolute Gasteiger partial charge is 0.497 e. The third-order valence-corrected chi connectivity index (χ3v) is 3.63. The van der Waals surface area contributed by atoms with Crippen molar-refractivity contribution in [3.8, 4) is 5.75 Å². The molecule has 22 heavy (non-hydrogen) atoms. The smallest absolute Gasteiger partial charge is 0.256 e. The summed E-state index contributed by atoms with van der Waals surface area (Å²) in [7, 11) is 3.24. The number of amides is 1. The number of ether oxygens (including phenoxy) is 2. The summed E-state index contributed by atoms with van der Waals surface area (Å²) < 4.78 is 10.8. The fourth-order valence-corrected chi connectivity index (χ4v) is 2.77. The highest BCUT2D eigenvalue weighted by atomic mass is 16.5. The van der Waals surface area contributed by atoms with E-state index in [1.54, 1.807) is 14.2 Å². The molecule has 0 heterocycles. The highest BCUT2D eigenvalue weighted by molar-refractivity contribution is 5.97. The Morgan fingerprint density at radius 1 is 1.05 bits per heavy atom. The first kappa shape index (κ1) is 18.5. The molecule has 124 valence electrons. The number of carbonyl (C=O) groups excluding carboxylic acids is 1. The van der Waals surface area contributed by atoms with E-state index in [2.05, 4.69) is 33.0 Å². The molecule has 0 aliphatic heterocycles. The van der Waals surface area contributed by atoms with Crippen molar-refractivity contribution in [3.05, 3.63) is 24.3 Å². The SMILES string of the molecule is COc1ccc(NC(=O)C(CC(C)C)(CC(C)C)OC)cc1. The molecule has 0 aliphatic rings. The van der Waals surface area contributed by atoms with Gasteiger partial charge in [-0.3, -0.25) is 4.79 Å². The molecule has 4 nitrogen and oxygen atoms in total. The molecule has 1 aromatic rings. The van der Waals surface area contributed by atoms with Gasteiger partial charge in [-0.2, -0.15) is 0 Å². The maximum atomic E-state index is 12.8. The summed E-state index contributed by atoms with van der Waals surface area (Å²) in [6, 6.07) is 7.33. The molecule has 0 radical (unpaired) electrons. The lowest BCUT2D eigenvalue weighted by molar-refractivity contribution is -0.142. The van der Waals surface area contributed by atoms with E-state index in [1.807, 2.05) is 24.3 Å². The van der Waals surface area contributed by atoms with Gasteiger partial charge >= 0.3 is 0 Å². The molecule has 0 bridgehead atoms. The van der Waals surface area contributed by atoms with Crippen molar-refractivity contribution in [1.29, 1.82) is 0 Å². The molecular weight excluding hydrogens is 278 g/mol. The Morgan fingerprint density at radius 3 is 1.91 bits per heavy atom. The van der Waals surface area contributed by atoms with Gasteiger partial charge < -0.3 is 14.8 Å². The number of hydrogen-bond donors (Lipinski definition) is 1. The monoisotopic (exact) mass is 307 g/mol. The molecule has 0 aliphatic carbocycles. The maximum Gasteiger partial charge on any atom is 0.256 e. The van der Waals surface area contributed by atoms with Gasteiger partial charge in [-0.15, -0.1) is 0 Å². The zero-order valence-electron chi connectivity index (χ0n) is 14.6. The van der Waals surface area contributed by atoms with Gasteiger partial charge in [-0.05, 0) is 48.9 Å². The third kappa shape index (κ3) is 5.02. The molecule has 1 rings (SSSR count). The zero-order chi connectivity index (χ0) is 16.8. The Labute approximate surface area is 134 Å². The van der Waals surface area contributed by atoms with Crippen LogP contribution in [0.1, 0.15) is 40.5 Å². The van der Waals surface area contributed by atoms with Crippen LogP contribution in [0.4, 0.5) is 5.69 Å². The van der Waals surface area contributed by atoms with Crippen LogP contribution in [0.5, 0.6) is 5.75 Å². The number of methoxy groups -OCH3 is 2. The number of rotatable bonds is 8. The molecule has 1 N–H and O–H groups in total. The summed E-state index contributed by atoms with van der Waals surface area (Å²) in [6.07, 6.45) is 1.40. The van der Waals surface area contributed by atoms with Crippen LogP contribution in [0.15, 0.2) is 24.3 Å². The lowest BCUT2D eigenvalue weighted by Gasteiger charge is -2.34. The van der Waals surface area contributed by atoms with Crippen molar-refractivity contribution in [2.24, 2.45) is 11.8 Å². The van der Waals surface area contributed by atoms with Gasteiger partial charge in [0.1, 0.15) is 11.4 Å². The quantitative estimate of drug-likeness (QED) is 0.786. The van der Waals surface area contributed by atoms with E-state index < -0.39 is 5.60 Å². The molecule has 1 aromatic carbocycles. The maximum absolute atomic E-state index is 12.8. The number of benzene rings is 1. The first-order valence-corrected chi connectivity index (χ1v) is 7.83. The van der Waals surface area contributed by atoms with Gasteiger partial charge in [-0.1, -0.05) is 27.7 Å². The summed E-state index contributed by atoms with van der Waals surface area (Å²) in [5.41, 5.74) is -0.0397. The van der Waals surface area contributed by atoms with E-state index in [1.165, 1.54) is 0 Å². The van der Waals surface area contributed by atoms with Crippen molar-refractivity contribution in [3.63, 3.8) is 0 Å². The van der Waals surface area contributed by atoms with Gasteiger partial charge in [0.05, 0.1) is 7.11 Å². The third-order valence-electron chi connectivity index (χ3n) is 3.63. The van der Waals surface area contributed by atoms with Crippen LogP contribution in [0.2, 0.25) is 0 Å². The molecule has 0 unspecified atom stereocenters. The molecule has 4 heteroatoms. The lowest BCUT2D eigenvalue weighted by Crippen LogP contribution is -2.46. The number of hydrogen-bond acceptors (Lipinski definition) is 3. The summed E-state index contributed by atoms with van der Waals surface area (Å²) in [5.74, 6) is 1.43. The van der Waals surface area contributed by atoms with Gasteiger partial charge in [0, 0.05) is 12.8 Å². The van der Waals surface area contributed by atoms with Crippen molar-refractivity contribution in [2.75, 3.05) is 19.5 Å². The Hall–Kier alpha value is -1.55. The number of carbonyl (C=O) groups is 1. The van der Waals surface area contributed by atoms with Crippen molar-refractivity contribution in [2.45, 2.75) is 46.1 Å². The molecular formula is C18H29NO3. The highest BCUT2D eigenvalue weighted by Gasteiger charge is 2.39. The second-order valence-electron chi connectivity index (χ2n) is 6.58. The average molecular weight is 307 g/mol. The van der Waals surface area contributed by atoms with Crippen LogP contribution in [0, 0.1) is 11.8 Å². The van der Waals surface area contributed by atoms with E-state index in [0.717, 1.165) is 11.4 Å². The topological polar surface area (TPSA) is 47.6 Å². The predicted octanol–water partition coefficient (Wildman–Crippen LogP) is 4.11. The van der Waals surface area contributed by atoms with E-state index >= 15 is 0 Å². The fourth-order valence-electron chi connectivity index (χ4n) is 2.77. The van der Waals surface area contributed by atoms with E-state index in [0.29, 0.717) is 24.7 Å². The molecule has 0 saturated carbocycles. The number of nitrogens with one attached hydrogen (secondary N) is 1. The van der Waals surface area contributed by atoms with E-state index in [-0.39, 0.29) is 5.91 Å². The summed E-state index contributed by atoms with van der Waals surface area (Å²) in [5, 5.41) is 2.98. The summed E-state index contributed by atoms with van der Waals surface area (Å²) >= 11 is 0. The molecule has 0 saturated heterocycles. The molecule has 0 atom stereocenters. The minimum Gasteiger partial charge on any atom is -0.497 e. The summed E-state index contributed by atoms with van der Waals surface area (Å²) in [6.45, 7) is 8.42. The molecule has 0 spiro atoms. The first-order valence-electron chi connectivity index (χ1n) is 7.83. The Kier molecular flexibility index (Phi) is 6.88.